The van der Waals surface area contributed by atoms with Gasteiger partial charge in [-0.2, -0.15) is 0 Å². The van der Waals surface area contributed by atoms with Gasteiger partial charge in [0.1, 0.15) is 5.69 Å². The number of anilines is 1. The SMILES string of the molecule is CN(Cc1ccccc1Cl)C(=O)c1cc(NN)ccn1. The van der Waals surface area contributed by atoms with Crippen LogP contribution in [0.3, 0.4) is 0 Å². The lowest BCUT2D eigenvalue weighted by molar-refractivity contribution is 0.0779. The number of nitrogens with two attached hydrogens (primary N) is 1. The second kappa shape index (κ2) is 6.36. The predicted molar refractivity (Wildman–Crippen MR) is 79.3 cm³/mol. The van der Waals surface area contributed by atoms with E-state index in [1.165, 1.54) is 6.20 Å². The zero-order valence-electron chi connectivity index (χ0n) is 11.0. The summed E-state index contributed by atoms with van der Waals surface area (Å²) in [6.45, 7) is 0.417. The molecule has 1 heterocycles. The topological polar surface area (TPSA) is 71.2 Å². The average molecular weight is 291 g/mol. The van der Waals surface area contributed by atoms with Crippen LogP contribution in [0.1, 0.15) is 16.1 Å². The third-order valence-electron chi connectivity index (χ3n) is 2.86. The molecule has 3 N–H and O–H groups in total. The van der Waals surface area contributed by atoms with Crippen molar-refractivity contribution in [2.75, 3.05) is 12.5 Å². The van der Waals surface area contributed by atoms with Crippen molar-refractivity contribution in [3.63, 3.8) is 0 Å². The first kappa shape index (κ1) is 14.3. The highest BCUT2D eigenvalue weighted by Crippen LogP contribution is 2.17. The summed E-state index contributed by atoms with van der Waals surface area (Å²) in [5, 5.41) is 0.637. The molecule has 0 radical (unpaired) electrons. The third kappa shape index (κ3) is 3.26. The normalized spacial score (nSPS) is 10.2. The Morgan fingerprint density at radius 1 is 1.40 bits per heavy atom. The van der Waals surface area contributed by atoms with Crippen molar-refractivity contribution in [1.29, 1.82) is 0 Å². The van der Waals surface area contributed by atoms with Gasteiger partial charge in [-0.15, -0.1) is 0 Å². The standard InChI is InChI=1S/C14H15ClN4O/c1-19(9-10-4-2-3-5-12(10)15)14(20)13-8-11(18-16)6-7-17-13/h2-8H,9,16H2,1H3,(H,17,18). The van der Waals surface area contributed by atoms with E-state index in [-0.39, 0.29) is 5.91 Å². The molecule has 2 aromatic rings. The largest absolute Gasteiger partial charge is 0.336 e. The Labute approximate surface area is 122 Å². The molecule has 1 aromatic carbocycles. The van der Waals surface area contributed by atoms with E-state index in [9.17, 15) is 4.79 Å². The zero-order valence-corrected chi connectivity index (χ0v) is 11.8. The summed E-state index contributed by atoms with van der Waals surface area (Å²) in [6.07, 6.45) is 1.53. The van der Waals surface area contributed by atoms with Gasteiger partial charge in [0, 0.05) is 24.8 Å². The molecule has 0 saturated heterocycles. The first-order chi connectivity index (χ1) is 9.61. The molecule has 5 nitrogen and oxygen atoms in total. The number of pyridine rings is 1. The summed E-state index contributed by atoms with van der Waals surface area (Å²) >= 11 is 6.09. The molecule has 0 aliphatic carbocycles. The molecule has 0 fully saturated rings. The number of hydrogen-bond donors (Lipinski definition) is 2. The highest BCUT2D eigenvalue weighted by atomic mass is 35.5. The van der Waals surface area contributed by atoms with Crippen molar-refractivity contribution in [3.05, 3.63) is 58.9 Å². The molecule has 2 rings (SSSR count). The summed E-state index contributed by atoms with van der Waals surface area (Å²) in [6, 6.07) is 10.7. The Morgan fingerprint density at radius 2 is 2.15 bits per heavy atom. The van der Waals surface area contributed by atoms with Crippen LogP contribution in [-0.2, 0) is 6.54 Å². The summed E-state index contributed by atoms with van der Waals surface area (Å²) in [7, 11) is 1.70. The molecule has 20 heavy (non-hydrogen) atoms. The second-order valence-corrected chi connectivity index (χ2v) is 4.73. The van der Waals surface area contributed by atoms with Gasteiger partial charge >= 0.3 is 0 Å². The van der Waals surface area contributed by atoms with Crippen LogP contribution in [0.5, 0.6) is 0 Å². The number of carbonyl (C=O) groups is 1. The van der Waals surface area contributed by atoms with Crippen LogP contribution in [0, 0.1) is 0 Å². The number of carbonyl (C=O) groups excluding carboxylic acids is 1. The molecule has 1 aromatic heterocycles. The van der Waals surface area contributed by atoms with Crippen molar-refractivity contribution in [2.45, 2.75) is 6.54 Å². The monoisotopic (exact) mass is 290 g/mol. The van der Waals surface area contributed by atoms with E-state index in [4.69, 9.17) is 17.4 Å². The van der Waals surface area contributed by atoms with E-state index in [0.717, 1.165) is 5.56 Å². The summed E-state index contributed by atoms with van der Waals surface area (Å²) in [4.78, 5) is 17.9. The zero-order chi connectivity index (χ0) is 14.5. The summed E-state index contributed by atoms with van der Waals surface area (Å²) < 4.78 is 0. The molecule has 0 bridgehead atoms. The van der Waals surface area contributed by atoms with Gasteiger partial charge in [0.2, 0.25) is 0 Å². The van der Waals surface area contributed by atoms with Crippen LogP contribution in [0.15, 0.2) is 42.6 Å². The lowest BCUT2D eigenvalue weighted by Crippen LogP contribution is -2.27. The Hall–Kier alpha value is -2.11. The van der Waals surface area contributed by atoms with Crippen molar-refractivity contribution in [3.8, 4) is 0 Å². The fraction of sp³-hybridized carbons (Fsp3) is 0.143. The van der Waals surface area contributed by atoms with E-state index < -0.39 is 0 Å². The quantitative estimate of drug-likeness (QED) is 0.669. The maximum Gasteiger partial charge on any atom is 0.272 e. The maximum atomic E-state index is 12.3. The van der Waals surface area contributed by atoms with Crippen LogP contribution in [-0.4, -0.2) is 22.8 Å². The lowest BCUT2D eigenvalue weighted by atomic mass is 10.2. The number of amides is 1. The van der Waals surface area contributed by atoms with Crippen LogP contribution in [0.25, 0.3) is 0 Å². The van der Waals surface area contributed by atoms with Gasteiger partial charge in [0.25, 0.3) is 5.91 Å². The molecule has 0 atom stereocenters. The van der Waals surface area contributed by atoms with Gasteiger partial charge in [-0.25, -0.2) is 0 Å². The van der Waals surface area contributed by atoms with Gasteiger partial charge < -0.3 is 10.3 Å². The molecule has 0 saturated carbocycles. The van der Waals surface area contributed by atoms with Crippen molar-refractivity contribution >= 4 is 23.2 Å². The number of nitrogens with zero attached hydrogens (tertiary/aromatic N) is 2. The molecule has 0 unspecified atom stereocenters. The minimum absolute atomic E-state index is 0.193. The maximum absolute atomic E-state index is 12.3. The number of rotatable bonds is 4. The molecule has 0 spiro atoms. The van der Waals surface area contributed by atoms with Crippen LogP contribution in [0.2, 0.25) is 5.02 Å². The number of benzene rings is 1. The molecule has 104 valence electrons. The number of nitrogens with one attached hydrogen (secondary N) is 1. The van der Waals surface area contributed by atoms with Crippen LogP contribution < -0.4 is 11.3 Å². The van der Waals surface area contributed by atoms with E-state index in [1.54, 1.807) is 30.1 Å². The average Bonchev–Trinajstić information content (AvgIpc) is 2.48. The van der Waals surface area contributed by atoms with E-state index in [0.29, 0.717) is 22.9 Å². The summed E-state index contributed by atoms with van der Waals surface area (Å²) in [5.41, 5.74) is 4.34. The number of hydrazine groups is 1. The number of hydrogen-bond acceptors (Lipinski definition) is 4. The van der Waals surface area contributed by atoms with Gasteiger partial charge in [0.15, 0.2) is 0 Å². The molecule has 0 aliphatic rings. The number of halogens is 1. The Kier molecular flexibility index (Phi) is 4.55. The van der Waals surface area contributed by atoms with Gasteiger partial charge in [-0.05, 0) is 23.8 Å². The first-order valence-corrected chi connectivity index (χ1v) is 6.41. The predicted octanol–water partition coefficient (Wildman–Crippen LogP) is 2.29. The van der Waals surface area contributed by atoms with Crippen LogP contribution in [0.4, 0.5) is 5.69 Å². The minimum atomic E-state index is -0.193. The van der Waals surface area contributed by atoms with E-state index >= 15 is 0 Å². The third-order valence-corrected chi connectivity index (χ3v) is 3.23. The molecular formula is C14H15ClN4O. The second-order valence-electron chi connectivity index (χ2n) is 4.33. The highest BCUT2D eigenvalue weighted by Gasteiger charge is 2.14. The first-order valence-electron chi connectivity index (χ1n) is 6.03. The van der Waals surface area contributed by atoms with Gasteiger partial charge in [-0.3, -0.25) is 15.6 Å². The van der Waals surface area contributed by atoms with E-state index in [2.05, 4.69) is 10.4 Å². The molecule has 6 heteroatoms. The van der Waals surface area contributed by atoms with Crippen LogP contribution >= 0.6 is 11.6 Å². The summed E-state index contributed by atoms with van der Waals surface area (Å²) in [5.74, 6) is 5.13. The Balaban J connectivity index is 2.14. The van der Waals surface area contributed by atoms with Crippen molar-refractivity contribution in [1.82, 2.24) is 9.88 Å². The van der Waals surface area contributed by atoms with E-state index in [1.807, 2.05) is 18.2 Å². The Morgan fingerprint density at radius 3 is 2.85 bits per heavy atom. The fourth-order valence-electron chi connectivity index (χ4n) is 1.79. The molecule has 1 amide bonds. The lowest BCUT2D eigenvalue weighted by Gasteiger charge is -2.17. The smallest absolute Gasteiger partial charge is 0.272 e. The van der Waals surface area contributed by atoms with Gasteiger partial charge in [-0.1, -0.05) is 29.8 Å². The van der Waals surface area contributed by atoms with Gasteiger partial charge in [0.05, 0.1) is 5.69 Å². The number of nitrogen functional groups attached to an aromatic ring is 1. The Bertz CT molecular complexity index is 618. The fourth-order valence-corrected chi connectivity index (χ4v) is 1.98. The van der Waals surface area contributed by atoms with Crippen molar-refractivity contribution in [2.24, 2.45) is 5.84 Å². The highest BCUT2D eigenvalue weighted by molar-refractivity contribution is 6.31. The minimum Gasteiger partial charge on any atom is -0.336 e. The number of aromatic nitrogens is 1. The molecule has 0 aliphatic heterocycles. The molecular weight excluding hydrogens is 276 g/mol. The van der Waals surface area contributed by atoms with Crippen molar-refractivity contribution < 1.29 is 4.79 Å².